The largest absolute Gasteiger partial charge is 0.466 e. The lowest BCUT2D eigenvalue weighted by Crippen LogP contribution is -2.39. The highest BCUT2D eigenvalue weighted by Crippen LogP contribution is 2.39. The number of benzene rings is 1. The standard InChI is InChI=1S/C16H17Br2NO5/c1-4-9-5-11(17)14(12(18)6-9)19-8-24-7-10(15(20)22-2)13(19)16(21)23-3/h5-6H,4,7-8H2,1-3H3. The minimum Gasteiger partial charge on any atom is -0.466 e. The van der Waals surface area contributed by atoms with E-state index in [0.29, 0.717) is 5.69 Å². The maximum atomic E-state index is 12.3. The molecule has 0 N–H and O–H groups in total. The number of anilines is 1. The van der Waals surface area contributed by atoms with Crippen LogP contribution in [0.3, 0.4) is 0 Å². The van der Waals surface area contributed by atoms with E-state index >= 15 is 0 Å². The number of rotatable bonds is 4. The molecule has 6 nitrogen and oxygen atoms in total. The molecule has 1 aliphatic heterocycles. The Labute approximate surface area is 157 Å². The van der Waals surface area contributed by atoms with Crippen LogP contribution in [0.15, 0.2) is 32.3 Å². The zero-order valence-electron chi connectivity index (χ0n) is 13.5. The molecule has 1 aromatic rings. The van der Waals surface area contributed by atoms with Gasteiger partial charge in [0, 0.05) is 8.95 Å². The van der Waals surface area contributed by atoms with Gasteiger partial charge in [0.25, 0.3) is 0 Å². The van der Waals surface area contributed by atoms with Crippen molar-refractivity contribution in [3.63, 3.8) is 0 Å². The number of hydrogen-bond donors (Lipinski definition) is 0. The second-order valence-electron chi connectivity index (χ2n) is 4.98. The molecule has 0 aliphatic carbocycles. The number of ether oxygens (including phenoxy) is 3. The number of aryl methyl sites for hydroxylation is 1. The van der Waals surface area contributed by atoms with E-state index in [0.717, 1.165) is 20.9 Å². The number of carbonyl (C=O) groups is 2. The molecule has 0 unspecified atom stereocenters. The second-order valence-corrected chi connectivity index (χ2v) is 6.69. The smallest absolute Gasteiger partial charge is 0.355 e. The van der Waals surface area contributed by atoms with Crippen LogP contribution in [0.5, 0.6) is 0 Å². The Balaban J connectivity index is 2.63. The van der Waals surface area contributed by atoms with E-state index in [4.69, 9.17) is 14.2 Å². The van der Waals surface area contributed by atoms with E-state index in [1.54, 1.807) is 4.90 Å². The zero-order valence-corrected chi connectivity index (χ0v) is 16.7. The Kier molecular flexibility index (Phi) is 6.42. The van der Waals surface area contributed by atoms with Crippen molar-refractivity contribution < 1.29 is 23.8 Å². The lowest BCUT2D eigenvalue weighted by Gasteiger charge is -2.32. The van der Waals surface area contributed by atoms with Gasteiger partial charge in [0.2, 0.25) is 0 Å². The molecule has 0 amide bonds. The lowest BCUT2D eigenvalue weighted by molar-refractivity contribution is -0.140. The number of carbonyl (C=O) groups excluding carboxylic acids is 2. The Hall–Kier alpha value is -1.38. The molecule has 1 heterocycles. The van der Waals surface area contributed by atoms with E-state index < -0.39 is 11.9 Å². The first-order valence-electron chi connectivity index (χ1n) is 7.17. The van der Waals surface area contributed by atoms with Crippen molar-refractivity contribution in [2.75, 3.05) is 32.5 Å². The summed E-state index contributed by atoms with van der Waals surface area (Å²) >= 11 is 7.06. The van der Waals surface area contributed by atoms with Crippen molar-refractivity contribution >= 4 is 49.5 Å². The average Bonchev–Trinajstić information content (AvgIpc) is 2.59. The van der Waals surface area contributed by atoms with E-state index in [-0.39, 0.29) is 24.6 Å². The van der Waals surface area contributed by atoms with Crippen LogP contribution < -0.4 is 4.90 Å². The van der Waals surface area contributed by atoms with Crippen molar-refractivity contribution in [1.82, 2.24) is 0 Å². The monoisotopic (exact) mass is 461 g/mol. The van der Waals surface area contributed by atoms with Crippen LogP contribution in [0.4, 0.5) is 5.69 Å². The summed E-state index contributed by atoms with van der Waals surface area (Å²) in [6.45, 7) is 2.14. The maximum Gasteiger partial charge on any atom is 0.355 e. The first kappa shape index (κ1) is 19.0. The second kappa shape index (κ2) is 8.13. The van der Waals surface area contributed by atoms with Crippen molar-refractivity contribution in [2.24, 2.45) is 0 Å². The van der Waals surface area contributed by atoms with Gasteiger partial charge >= 0.3 is 11.9 Å². The summed E-state index contributed by atoms with van der Waals surface area (Å²) in [6.07, 6.45) is 0.862. The van der Waals surface area contributed by atoms with Crippen LogP contribution in [0.25, 0.3) is 0 Å². The molecule has 0 saturated carbocycles. The fourth-order valence-corrected chi connectivity index (χ4v) is 4.11. The van der Waals surface area contributed by atoms with Gasteiger partial charge < -0.3 is 19.1 Å². The molecule has 2 rings (SSSR count). The number of halogens is 2. The minimum absolute atomic E-state index is 0.0180. The maximum absolute atomic E-state index is 12.3. The molecule has 0 radical (unpaired) electrons. The van der Waals surface area contributed by atoms with Gasteiger partial charge in [0.05, 0.1) is 32.1 Å². The fraction of sp³-hybridized carbons (Fsp3) is 0.375. The third kappa shape index (κ3) is 3.65. The molecule has 8 heteroatoms. The molecule has 0 saturated heterocycles. The van der Waals surface area contributed by atoms with Gasteiger partial charge in [0.15, 0.2) is 0 Å². The summed E-state index contributed by atoms with van der Waals surface area (Å²) < 4.78 is 16.6. The van der Waals surface area contributed by atoms with Crippen LogP contribution in [0.1, 0.15) is 12.5 Å². The van der Waals surface area contributed by atoms with E-state index in [1.165, 1.54) is 14.2 Å². The molecule has 1 aliphatic rings. The summed E-state index contributed by atoms with van der Waals surface area (Å²) in [6, 6.07) is 3.92. The quantitative estimate of drug-likeness (QED) is 0.640. The highest BCUT2D eigenvalue weighted by molar-refractivity contribution is 9.11. The van der Waals surface area contributed by atoms with Crippen LogP contribution in [-0.2, 0) is 30.2 Å². The molecule has 0 aromatic heterocycles. The Morgan fingerprint density at radius 2 is 1.75 bits per heavy atom. The van der Waals surface area contributed by atoms with Crippen LogP contribution in [0.2, 0.25) is 0 Å². The van der Waals surface area contributed by atoms with Crippen molar-refractivity contribution in [1.29, 1.82) is 0 Å². The van der Waals surface area contributed by atoms with Gasteiger partial charge in [0.1, 0.15) is 12.4 Å². The molecule has 0 fully saturated rings. The molecule has 0 spiro atoms. The van der Waals surface area contributed by atoms with E-state index in [2.05, 4.69) is 31.9 Å². The molecule has 0 atom stereocenters. The fourth-order valence-electron chi connectivity index (χ4n) is 2.40. The Morgan fingerprint density at radius 1 is 1.17 bits per heavy atom. The lowest BCUT2D eigenvalue weighted by atomic mass is 10.1. The number of hydrogen-bond acceptors (Lipinski definition) is 6. The number of esters is 2. The molecular weight excluding hydrogens is 446 g/mol. The molecular formula is C16H17Br2NO5. The summed E-state index contributed by atoms with van der Waals surface area (Å²) in [4.78, 5) is 25.9. The molecule has 24 heavy (non-hydrogen) atoms. The Bertz CT molecular complexity index is 679. The van der Waals surface area contributed by atoms with Crippen molar-refractivity contribution in [3.8, 4) is 0 Å². The minimum atomic E-state index is -0.628. The predicted molar refractivity (Wildman–Crippen MR) is 95.6 cm³/mol. The summed E-state index contributed by atoms with van der Waals surface area (Å²) in [5.41, 5.74) is 2.02. The van der Waals surface area contributed by atoms with Crippen molar-refractivity contribution in [3.05, 3.63) is 37.9 Å². The van der Waals surface area contributed by atoms with Gasteiger partial charge in [-0.05, 0) is 56.0 Å². The third-order valence-corrected chi connectivity index (χ3v) is 4.80. The van der Waals surface area contributed by atoms with Gasteiger partial charge in [-0.3, -0.25) is 0 Å². The van der Waals surface area contributed by atoms with Crippen LogP contribution in [0, 0.1) is 0 Å². The zero-order chi connectivity index (χ0) is 17.9. The van der Waals surface area contributed by atoms with Crippen molar-refractivity contribution in [2.45, 2.75) is 13.3 Å². The average molecular weight is 463 g/mol. The summed E-state index contributed by atoms with van der Waals surface area (Å²) in [7, 11) is 2.52. The van der Waals surface area contributed by atoms with Crippen LogP contribution in [-0.4, -0.2) is 39.5 Å². The third-order valence-electron chi connectivity index (χ3n) is 3.59. The van der Waals surface area contributed by atoms with E-state index in [1.807, 2.05) is 19.1 Å². The molecule has 130 valence electrons. The topological polar surface area (TPSA) is 65.1 Å². The number of methoxy groups -OCH3 is 2. The first-order chi connectivity index (χ1) is 11.4. The first-order valence-corrected chi connectivity index (χ1v) is 8.76. The highest BCUT2D eigenvalue weighted by Gasteiger charge is 2.34. The number of nitrogens with zero attached hydrogens (tertiary/aromatic N) is 1. The highest BCUT2D eigenvalue weighted by atomic mass is 79.9. The predicted octanol–water partition coefficient (Wildman–Crippen LogP) is 3.17. The Morgan fingerprint density at radius 3 is 2.25 bits per heavy atom. The normalized spacial score (nSPS) is 14.6. The van der Waals surface area contributed by atoms with Crippen LogP contribution >= 0.6 is 31.9 Å². The SMILES string of the molecule is CCc1cc(Br)c(N2COCC(C(=O)OC)=C2C(=O)OC)c(Br)c1. The summed E-state index contributed by atoms with van der Waals surface area (Å²) in [5.74, 6) is -1.26. The van der Waals surface area contributed by atoms with Gasteiger partial charge in [-0.25, -0.2) is 9.59 Å². The molecule has 1 aromatic carbocycles. The van der Waals surface area contributed by atoms with Gasteiger partial charge in [-0.2, -0.15) is 0 Å². The van der Waals surface area contributed by atoms with E-state index in [9.17, 15) is 9.59 Å². The summed E-state index contributed by atoms with van der Waals surface area (Å²) in [5, 5.41) is 0. The molecule has 0 bridgehead atoms. The van der Waals surface area contributed by atoms with Gasteiger partial charge in [-0.1, -0.05) is 6.92 Å². The van der Waals surface area contributed by atoms with Gasteiger partial charge in [-0.15, -0.1) is 0 Å².